The molecule has 2 unspecified atom stereocenters. The van der Waals surface area contributed by atoms with E-state index in [4.69, 9.17) is 0 Å². The van der Waals surface area contributed by atoms with Crippen LogP contribution < -0.4 is 5.32 Å². The van der Waals surface area contributed by atoms with Gasteiger partial charge in [0.1, 0.15) is 0 Å². The molecule has 2 fully saturated rings. The first-order chi connectivity index (χ1) is 8.63. The number of halogens is 1. The molecule has 1 amide bonds. The topological polar surface area (TPSA) is 32.3 Å². The summed E-state index contributed by atoms with van der Waals surface area (Å²) in [5, 5.41) is 5.58. The second kappa shape index (κ2) is 4.94. The van der Waals surface area contributed by atoms with E-state index in [0.717, 1.165) is 22.2 Å². The molecule has 2 aliphatic heterocycles. The molecule has 0 radical (unpaired) electrons. The minimum absolute atomic E-state index is 0.164. The lowest BCUT2D eigenvalue weighted by Crippen LogP contribution is -2.48. The van der Waals surface area contributed by atoms with Crippen molar-refractivity contribution in [3.8, 4) is 0 Å². The van der Waals surface area contributed by atoms with E-state index >= 15 is 0 Å². The molecule has 3 heterocycles. The molecule has 5 heteroatoms. The van der Waals surface area contributed by atoms with E-state index in [1.54, 1.807) is 0 Å². The van der Waals surface area contributed by atoms with E-state index in [-0.39, 0.29) is 5.91 Å². The van der Waals surface area contributed by atoms with Crippen LogP contribution in [-0.4, -0.2) is 36.0 Å². The fourth-order valence-electron chi connectivity index (χ4n) is 3.11. The molecule has 2 saturated heterocycles. The highest BCUT2D eigenvalue weighted by atomic mass is 79.9. The molecule has 18 heavy (non-hydrogen) atoms. The fraction of sp³-hybridized carbons (Fsp3) is 0.615. The molecule has 1 aromatic heterocycles. The van der Waals surface area contributed by atoms with E-state index in [0.29, 0.717) is 18.1 Å². The van der Waals surface area contributed by atoms with Gasteiger partial charge in [0.05, 0.1) is 4.88 Å². The van der Waals surface area contributed by atoms with Crippen LogP contribution in [0.2, 0.25) is 0 Å². The van der Waals surface area contributed by atoms with E-state index in [1.807, 2.05) is 23.4 Å². The van der Waals surface area contributed by atoms with Crippen LogP contribution in [0.15, 0.2) is 15.9 Å². The molecule has 0 aromatic carbocycles. The third-order valence-electron chi connectivity index (χ3n) is 4.09. The minimum Gasteiger partial charge on any atom is -0.338 e. The summed E-state index contributed by atoms with van der Waals surface area (Å²) in [4.78, 5) is 15.2. The third-order valence-corrected chi connectivity index (χ3v) is 5.77. The molecule has 2 bridgehead atoms. The Kier molecular flexibility index (Phi) is 3.47. The van der Waals surface area contributed by atoms with Crippen molar-refractivity contribution in [3.05, 3.63) is 20.8 Å². The number of carbonyl (C=O) groups excluding carboxylic acids is 1. The van der Waals surface area contributed by atoms with E-state index in [2.05, 4.69) is 21.2 Å². The fourth-order valence-corrected chi connectivity index (χ4v) is 4.52. The number of hydrogen-bond acceptors (Lipinski definition) is 3. The summed E-state index contributed by atoms with van der Waals surface area (Å²) in [7, 11) is 1.95. The third kappa shape index (κ3) is 2.36. The van der Waals surface area contributed by atoms with Crippen molar-refractivity contribution in [3.63, 3.8) is 0 Å². The van der Waals surface area contributed by atoms with Gasteiger partial charge >= 0.3 is 0 Å². The normalized spacial score (nSPS) is 30.4. The Morgan fingerprint density at radius 3 is 2.67 bits per heavy atom. The van der Waals surface area contributed by atoms with Crippen LogP contribution in [0.4, 0.5) is 0 Å². The summed E-state index contributed by atoms with van der Waals surface area (Å²) in [5.41, 5.74) is 0. The number of nitrogens with zero attached hydrogens (tertiary/aromatic N) is 1. The van der Waals surface area contributed by atoms with Crippen LogP contribution in [0.5, 0.6) is 0 Å². The zero-order valence-corrected chi connectivity index (χ0v) is 12.8. The molecular weight excluding hydrogens is 312 g/mol. The van der Waals surface area contributed by atoms with E-state index in [9.17, 15) is 4.79 Å². The van der Waals surface area contributed by atoms with E-state index < -0.39 is 0 Å². The van der Waals surface area contributed by atoms with Gasteiger partial charge < -0.3 is 10.2 Å². The lowest BCUT2D eigenvalue weighted by molar-refractivity contribution is 0.0686. The van der Waals surface area contributed by atoms with Gasteiger partial charge in [0.25, 0.3) is 5.91 Å². The molecule has 0 aliphatic carbocycles. The number of carbonyl (C=O) groups is 1. The zero-order valence-electron chi connectivity index (χ0n) is 10.4. The maximum Gasteiger partial charge on any atom is 0.263 e. The van der Waals surface area contributed by atoms with Crippen LogP contribution in [0.1, 0.15) is 35.4 Å². The molecule has 1 aromatic rings. The predicted molar refractivity (Wildman–Crippen MR) is 77.1 cm³/mol. The van der Waals surface area contributed by atoms with Gasteiger partial charge in [-0.2, -0.15) is 0 Å². The Hall–Kier alpha value is -0.390. The number of hydrogen-bond donors (Lipinski definition) is 1. The molecule has 3 nitrogen and oxygen atoms in total. The highest BCUT2D eigenvalue weighted by molar-refractivity contribution is 9.10. The lowest BCUT2D eigenvalue weighted by atomic mass is 9.98. The number of amides is 1. The van der Waals surface area contributed by atoms with Crippen LogP contribution in [0.25, 0.3) is 0 Å². The minimum atomic E-state index is 0.164. The van der Waals surface area contributed by atoms with Gasteiger partial charge in [-0.25, -0.2) is 0 Å². The van der Waals surface area contributed by atoms with Gasteiger partial charge in [0.15, 0.2) is 0 Å². The van der Waals surface area contributed by atoms with Gasteiger partial charge in [-0.1, -0.05) is 0 Å². The van der Waals surface area contributed by atoms with Crippen LogP contribution in [0.3, 0.4) is 0 Å². The summed E-state index contributed by atoms with van der Waals surface area (Å²) < 4.78 is 0.995. The Bertz CT molecular complexity index is 450. The number of nitrogens with one attached hydrogen (secondary N) is 1. The number of fused-ring (bicyclic) bond motifs is 2. The second-order valence-corrected chi connectivity index (χ2v) is 7.14. The first kappa shape index (κ1) is 12.6. The van der Waals surface area contributed by atoms with Crippen molar-refractivity contribution in [1.82, 2.24) is 10.2 Å². The molecule has 1 N–H and O–H groups in total. The maximum atomic E-state index is 12.4. The second-order valence-electron chi connectivity index (χ2n) is 5.31. The summed E-state index contributed by atoms with van der Waals surface area (Å²) in [5.74, 6) is 0.164. The SMILES string of the molecule is CN(C(=O)c1cc(Br)cs1)C1CC2CCC(C1)N2. The average Bonchev–Trinajstić information content (AvgIpc) is 2.94. The van der Waals surface area contributed by atoms with Crippen molar-refractivity contribution < 1.29 is 4.79 Å². The van der Waals surface area contributed by atoms with Gasteiger partial charge in [-0.15, -0.1) is 11.3 Å². The first-order valence-electron chi connectivity index (χ1n) is 6.40. The first-order valence-corrected chi connectivity index (χ1v) is 8.08. The van der Waals surface area contributed by atoms with Crippen LogP contribution in [0, 0.1) is 0 Å². The maximum absolute atomic E-state index is 12.4. The van der Waals surface area contributed by atoms with Crippen molar-refractivity contribution in [2.24, 2.45) is 0 Å². The van der Waals surface area contributed by atoms with Crippen molar-refractivity contribution >= 4 is 33.2 Å². The van der Waals surface area contributed by atoms with Crippen LogP contribution in [-0.2, 0) is 0 Å². The summed E-state index contributed by atoms with van der Waals surface area (Å²) in [6.45, 7) is 0. The molecule has 0 saturated carbocycles. The smallest absolute Gasteiger partial charge is 0.263 e. The molecule has 2 atom stereocenters. The Balaban J connectivity index is 1.70. The molecule has 3 rings (SSSR count). The van der Waals surface area contributed by atoms with Gasteiger partial charge in [-0.3, -0.25) is 4.79 Å². The quantitative estimate of drug-likeness (QED) is 0.905. The van der Waals surface area contributed by atoms with E-state index in [1.165, 1.54) is 24.2 Å². The number of thiophene rings is 1. The predicted octanol–water partition coefficient (Wildman–Crippen LogP) is 2.87. The number of piperidine rings is 1. The van der Waals surface area contributed by atoms with Gasteiger partial charge in [0.2, 0.25) is 0 Å². The summed E-state index contributed by atoms with van der Waals surface area (Å²) in [6.07, 6.45) is 4.75. The Morgan fingerprint density at radius 1 is 1.44 bits per heavy atom. The lowest BCUT2D eigenvalue weighted by Gasteiger charge is -2.35. The highest BCUT2D eigenvalue weighted by Gasteiger charge is 2.36. The largest absolute Gasteiger partial charge is 0.338 e. The van der Waals surface area contributed by atoms with Crippen molar-refractivity contribution in [2.45, 2.75) is 43.8 Å². The standard InChI is InChI=1S/C13H17BrN2OS/c1-16(13(17)12-4-8(14)7-18-12)11-5-9-2-3-10(6-11)15-9/h4,7,9-11,15H,2-3,5-6H2,1H3. The average molecular weight is 329 g/mol. The molecule has 0 spiro atoms. The van der Waals surface area contributed by atoms with Gasteiger partial charge in [0, 0.05) is 35.0 Å². The molecular formula is C13H17BrN2OS. The summed E-state index contributed by atoms with van der Waals surface area (Å²) in [6, 6.07) is 3.56. The highest BCUT2D eigenvalue weighted by Crippen LogP contribution is 2.30. The van der Waals surface area contributed by atoms with Gasteiger partial charge in [-0.05, 0) is 47.7 Å². The van der Waals surface area contributed by atoms with Crippen molar-refractivity contribution in [2.75, 3.05) is 7.05 Å². The van der Waals surface area contributed by atoms with Crippen LogP contribution >= 0.6 is 27.3 Å². The Labute approximate surface area is 120 Å². The monoisotopic (exact) mass is 328 g/mol. The zero-order chi connectivity index (χ0) is 12.7. The summed E-state index contributed by atoms with van der Waals surface area (Å²) >= 11 is 4.92. The molecule has 98 valence electrons. The Morgan fingerprint density at radius 2 is 2.11 bits per heavy atom. The molecule has 2 aliphatic rings. The number of rotatable bonds is 2. The van der Waals surface area contributed by atoms with Crippen molar-refractivity contribution in [1.29, 1.82) is 0 Å².